The van der Waals surface area contributed by atoms with Crippen LogP contribution in [0.1, 0.15) is 23.6 Å². The Morgan fingerprint density at radius 3 is 2.50 bits per heavy atom. The van der Waals surface area contributed by atoms with E-state index in [9.17, 15) is 4.79 Å². The third-order valence-electron chi connectivity index (χ3n) is 4.14. The minimum Gasteiger partial charge on any atom is -0.377 e. The molecule has 1 aliphatic rings. The first-order chi connectivity index (χ1) is 10.7. The van der Waals surface area contributed by atoms with Gasteiger partial charge in [0, 0.05) is 23.6 Å². The minimum atomic E-state index is 0.0432. The van der Waals surface area contributed by atoms with Gasteiger partial charge >= 0.3 is 0 Å². The number of ketones is 1. The van der Waals surface area contributed by atoms with E-state index in [0.29, 0.717) is 12.2 Å². The van der Waals surface area contributed by atoms with E-state index in [1.54, 1.807) is 0 Å². The standard InChI is InChI=1S/C19H21NOS/c1-14-7-9-15(10-8-14)19(17-13-22-12-11-18(17)21)20-16-5-3-2-4-6-16/h2-10,17,19-20H,11-13H2,1H3/t17-,19+/m0/s1. The van der Waals surface area contributed by atoms with Gasteiger partial charge in [-0.05, 0) is 24.6 Å². The first kappa shape index (κ1) is 15.2. The number of hydrogen-bond donors (Lipinski definition) is 1. The number of anilines is 1. The zero-order valence-corrected chi connectivity index (χ0v) is 13.6. The Balaban J connectivity index is 1.90. The Morgan fingerprint density at radius 2 is 1.82 bits per heavy atom. The van der Waals surface area contributed by atoms with Gasteiger partial charge < -0.3 is 5.32 Å². The number of para-hydroxylation sites is 1. The molecule has 0 bridgehead atoms. The molecule has 0 aromatic heterocycles. The summed E-state index contributed by atoms with van der Waals surface area (Å²) in [7, 11) is 0. The Kier molecular flexibility index (Phi) is 4.84. The predicted octanol–water partition coefficient (Wildman–Crippen LogP) is 4.47. The molecule has 2 nitrogen and oxygen atoms in total. The fourth-order valence-corrected chi connectivity index (χ4v) is 3.99. The predicted molar refractivity (Wildman–Crippen MR) is 94.4 cm³/mol. The Morgan fingerprint density at radius 1 is 1.09 bits per heavy atom. The van der Waals surface area contributed by atoms with Crippen molar-refractivity contribution < 1.29 is 4.79 Å². The number of carbonyl (C=O) groups is 1. The zero-order chi connectivity index (χ0) is 15.4. The van der Waals surface area contributed by atoms with E-state index in [1.165, 1.54) is 11.1 Å². The molecule has 2 aromatic rings. The average molecular weight is 311 g/mol. The highest BCUT2D eigenvalue weighted by Gasteiger charge is 2.31. The van der Waals surface area contributed by atoms with Crippen molar-refractivity contribution in [2.75, 3.05) is 16.8 Å². The topological polar surface area (TPSA) is 29.1 Å². The first-order valence-corrected chi connectivity index (χ1v) is 8.88. The van der Waals surface area contributed by atoms with Crippen molar-refractivity contribution >= 4 is 23.2 Å². The Labute approximate surface area is 136 Å². The lowest BCUT2D eigenvalue weighted by Gasteiger charge is -2.31. The molecule has 0 aliphatic carbocycles. The molecule has 0 spiro atoms. The van der Waals surface area contributed by atoms with Gasteiger partial charge in [-0.25, -0.2) is 0 Å². The zero-order valence-electron chi connectivity index (χ0n) is 12.8. The van der Waals surface area contributed by atoms with Crippen LogP contribution in [-0.2, 0) is 4.79 Å². The molecular formula is C19H21NOS. The van der Waals surface area contributed by atoms with Gasteiger partial charge in [0.1, 0.15) is 5.78 Å². The number of carbonyl (C=O) groups excluding carboxylic acids is 1. The van der Waals surface area contributed by atoms with Gasteiger partial charge in [0.25, 0.3) is 0 Å². The van der Waals surface area contributed by atoms with Crippen LogP contribution in [0.25, 0.3) is 0 Å². The Bertz CT molecular complexity index is 624. The van der Waals surface area contributed by atoms with Crippen molar-refractivity contribution in [2.45, 2.75) is 19.4 Å². The number of nitrogens with one attached hydrogen (secondary N) is 1. The van der Waals surface area contributed by atoms with Crippen molar-refractivity contribution in [3.05, 3.63) is 65.7 Å². The molecule has 1 N–H and O–H groups in total. The summed E-state index contributed by atoms with van der Waals surface area (Å²) >= 11 is 1.88. The van der Waals surface area contributed by atoms with Crippen molar-refractivity contribution in [1.82, 2.24) is 0 Å². The van der Waals surface area contributed by atoms with E-state index >= 15 is 0 Å². The summed E-state index contributed by atoms with van der Waals surface area (Å²) in [4.78, 5) is 12.4. The van der Waals surface area contributed by atoms with Crippen LogP contribution in [0.3, 0.4) is 0 Å². The summed E-state index contributed by atoms with van der Waals surface area (Å²) in [5.74, 6) is 2.29. The van der Waals surface area contributed by atoms with Crippen molar-refractivity contribution in [1.29, 1.82) is 0 Å². The van der Waals surface area contributed by atoms with Crippen molar-refractivity contribution in [3.63, 3.8) is 0 Å². The van der Waals surface area contributed by atoms with Crippen molar-refractivity contribution in [3.8, 4) is 0 Å². The normalized spacial score (nSPS) is 19.7. The van der Waals surface area contributed by atoms with Gasteiger partial charge in [-0.15, -0.1) is 0 Å². The fraction of sp³-hybridized carbons (Fsp3) is 0.316. The molecule has 1 saturated heterocycles. The number of thioether (sulfide) groups is 1. The van der Waals surface area contributed by atoms with Gasteiger partial charge in [0.15, 0.2) is 0 Å². The van der Waals surface area contributed by atoms with Crippen LogP contribution >= 0.6 is 11.8 Å². The van der Waals surface area contributed by atoms with Crippen LogP contribution in [0.5, 0.6) is 0 Å². The maximum Gasteiger partial charge on any atom is 0.140 e. The maximum atomic E-state index is 12.4. The fourth-order valence-electron chi connectivity index (χ4n) is 2.85. The monoisotopic (exact) mass is 311 g/mol. The molecule has 2 atom stereocenters. The number of rotatable bonds is 4. The Hall–Kier alpha value is -1.74. The number of aryl methyl sites for hydroxylation is 1. The smallest absolute Gasteiger partial charge is 0.140 e. The van der Waals surface area contributed by atoms with E-state index in [1.807, 2.05) is 30.0 Å². The van der Waals surface area contributed by atoms with Crippen molar-refractivity contribution in [2.24, 2.45) is 5.92 Å². The molecule has 3 heteroatoms. The summed E-state index contributed by atoms with van der Waals surface area (Å²) in [6.45, 7) is 2.09. The molecule has 1 fully saturated rings. The summed E-state index contributed by atoms with van der Waals surface area (Å²) in [6, 6.07) is 18.7. The van der Waals surface area contributed by atoms with Gasteiger partial charge in [0.05, 0.1) is 12.0 Å². The molecule has 1 aliphatic heterocycles. The lowest BCUT2D eigenvalue weighted by molar-refractivity contribution is -0.122. The summed E-state index contributed by atoms with van der Waals surface area (Å²) in [5, 5.41) is 3.58. The van der Waals surface area contributed by atoms with Gasteiger partial charge in [0.2, 0.25) is 0 Å². The number of Topliss-reactive ketones (excluding diaryl/α,β-unsaturated/α-hetero) is 1. The van der Waals surface area contributed by atoms with E-state index in [-0.39, 0.29) is 12.0 Å². The number of hydrogen-bond acceptors (Lipinski definition) is 3. The first-order valence-electron chi connectivity index (χ1n) is 7.72. The summed E-state index contributed by atoms with van der Waals surface area (Å²) in [6.07, 6.45) is 0.689. The SMILES string of the molecule is Cc1ccc([C@@H](Nc2ccccc2)[C@H]2CSCCC2=O)cc1. The minimum absolute atomic E-state index is 0.0432. The average Bonchev–Trinajstić information content (AvgIpc) is 2.55. The van der Waals surface area contributed by atoms with E-state index in [4.69, 9.17) is 0 Å². The van der Waals surface area contributed by atoms with Crippen LogP contribution in [0, 0.1) is 12.8 Å². The largest absolute Gasteiger partial charge is 0.377 e. The van der Waals surface area contributed by atoms with Crippen LogP contribution in [0.4, 0.5) is 5.69 Å². The maximum absolute atomic E-state index is 12.4. The van der Waals surface area contributed by atoms with Gasteiger partial charge in [-0.2, -0.15) is 11.8 Å². The second-order valence-electron chi connectivity index (χ2n) is 5.80. The summed E-state index contributed by atoms with van der Waals surface area (Å²) in [5.41, 5.74) is 3.50. The van der Waals surface area contributed by atoms with E-state index in [0.717, 1.165) is 17.2 Å². The molecule has 0 radical (unpaired) electrons. The van der Waals surface area contributed by atoms with E-state index < -0.39 is 0 Å². The van der Waals surface area contributed by atoms with E-state index in [2.05, 4.69) is 48.6 Å². The number of benzene rings is 2. The highest BCUT2D eigenvalue weighted by molar-refractivity contribution is 7.99. The lowest BCUT2D eigenvalue weighted by atomic mass is 9.89. The second-order valence-corrected chi connectivity index (χ2v) is 6.95. The third-order valence-corrected chi connectivity index (χ3v) is 5.23. The van der Waals surface area contributed by atoms with Gasteiger partial charge in [-0.3, -0.25) is 4.79 Å². The molecular weight excluding hydrogens is 290 g/mol. The quantitative estimate of drug-likeness (QED) is 0.903. The van der Waals surface area contributed by atoms with Crippen LogP contribution in [-0.4, -0.2) is 17.3 Å². The molecule has 0 amide bonds. The summed E-state index contributed by atoms with van der Waals surface area (Å²) < 4.78 is 0. The molecule has 3 rings (SSSR count). The van der Waals surface area contributed by atoms with Gasteiger partial charge in [-0.1, -0.05) is 48.0 Å². The molecule has 0 saturated carbocycles. The van der Waals surface area contributed by atoms with Crippen LogP contribution in [0.15, 0.2) is 54.6 Å². The molecule has 1 heterocycles. The van der Waals surface area contributed by atoms with Crippen LogP contribution in [0.2, 0.25) is 0 Å². The van der Waals surface area contributed by atoms with Crippen LogP contribution < -0.4 is 5.32 Å². The molecule has 114 valence electrons. The molecule has 0 unspecified atom stereocenters. The second kappa shape index (κ2) is 7.01. The lowest BCUT2D eigenvalue weighted by Crippen LogP contribution is -2.32. The highest BCUT2D eigenvalue weighted by Crippen LogP contribution is 2.33. The third kappa shape index (κ3) is 3.53. The molecule has 22 heavy (non-hydrogen) atoms. The molecule has 2 aromatic carbocycles. The highest BCUT2D eigenvalue weighted by atomic mass is 32.2.